The number of benzene rings is 3. The first-order valence-electron chi connectivity index (χ1n) is 11.0. The summed E-state index contributed by atoms with van der Waals surface area (Å²) in [6, 6.07) is 22.8. The Morgan fingerprint density at radius 2 is 1.68 bits per heavy atom. The minimum Gasteiger partial charge on any atom is -0.492 e. The number of para-hydroxylation sites is 1. The molecule has 34 heavy (non-hydrogen) atoms. The fraction of sp³-hybridized carbons (Fsp3) is 0.214. The highest BCUT2D eigenvalue weighted by Crippen LogP contribution is 2.35. The second kappa shape index (κ2) is 11.6. The SMILES string of the molecule is CCc1ccc(-c2c(C(C=O)COc3ccccc3)n(C)c(=O)c3ccc(Cl)cc23)cc1.CO. The highest BCUT2D eigenvalue weighted by atomic mass is 35.5. The average Bonchev–Trinajstić information content (AvgIpc) is 2.89. The highest BCUT2D eigenvalue weighted by Gasteiger charge is 2.24. The smallest absolute Gasteiger partial charge is 0.258 e. The summed E-state index contributed by atoms with van der Waals surface area (Å²) in [4.78, 5) is 25.5. The van der Waals surface area contributed by atoms with E-state index >= 15 is 0 Å². The summed E-state index contributed by atoms with van der Waals surface area (Å²) < 4.78 is 7.46. The van der Waals surface area contributed by atoms with E-state index in [1.54, 1.807) is 29.8 Å². The van der Waals surface area contributed by atoms with Crippen LogP contribution in [-0.2, 0) is 18.3 Å². The summed E-state index contributed by atoms with van der Waals surface area (Å²) in [6.07, 6.45) is 1.77. The van der Waals surface area contributed by atoms with Crippen molar-refractivity contribution in [2.45, 2.75) is 19.3 Å². The van der Waals surface area contributed by atoms with Gasteiger partial charge in [-0.2, -0.15) is 0 Å². The lowest BCUT2D eigenvalue weighted by Crippen LogP contribution is -2.26. The number of aldehydes is 1. The molecule has 176 valence electrons. The van der Waals surface area contributed by atoms with Crippen molar-refractivity contribution in [2.24, 2.45) is 7.05 Å². The maximum Gasteiger partial charge on any atom is 0.258 e. The Labute approximate surface area is 204 Å². The molecule has 0 aliphatic heterocycles. The van der Waals surface area contributed by atoms with Gasteiger partial charge in [0, 0.05) is 35.8 Å². The van der Waals surface area contributed by atoms with Crippen molar-refractivity contribution >= 4 is 28.7 Å². The van der Waals surface area contributed by atoms with Crippen LogP contribution in [0.1, 0.15) is 24.1 Å². The molecule has 1 unspecified atom stereocenters. The minimum absolute atomic E-state index is 0.118. The van der Waals surface area contributed by atoms with Crippen molar-refractivity contribution in [3.8, 4) is 16.9 Å². The summed E-state index contributed by atoms with van der Waals surface area (Å²) in [5.41, 5.74) is 3.39. The maximum atomic E-state index is 13.2. The molecule has 4 rings (SSSR count). The number of carbonyl (C=O) groups is 1. The average molecular weight is 478 g/mol. The monoisotopic (exact) mass is 477 g/mol. The summed E-state index contributed by atoms with van der Waals surface area (Å²) in [6.45, 7) is 2.22. The molecule has 1 atom stereocenters. The van der Waals surface area contributed by atoms with Gasteiger partial charge in [0.15, 0.2) is 0 Å². The van der Waals surface area contributed by atoms with E-state index in [2.05, 4.69) is 19.1 Å². The van der Waals surface area contributed by atoms with Crippen molar-refractivity contribution in [3.05, 3.63) is 99.4 Å². The molecule has 0 fully saturated rings. The van der Waals surface area contributed by atoms with Gasteiger partial charge in [-0.25, -0.2) is 0 Å². The van der Waals surface area contributed by atoms with Crippen LogP contribution in [0, 0.1) is 0 Å². The van der Waals surface area contributed by atoms with Crippen LogP contribution in [0.15, 0.2) is 77.6 Å². The van der Waals surface area contributed by atoms with E-state index in [1.807, 2.05) is 42.5 Å². The molecular formula is C28H28ClNO4. The van der Waals surface area contributed by atoms with Crippen molar-refractivity contribution in [2.75, 3.05) is 13.7 Å². The number of hydrogen-bond acceptors (Lipinski definition) is 4. The maximum absolute atomic E-state index is 13.2. The van der Waals surface area contributed by atoms with Gasteiger partial charge in [-0.05, 0) is 53.3 Å². The Hall–Kier alpha value is -3.41. The number of fused-ring (bicyclic) bond motifs is 1. The number of hydrogen-bond donors (Lipinski definition) is 1. The zero-order chi connectivity index (χ0) is 24.7. The molecule has 0 radical (unpaired) electrons. The van der Waals surface area contributed by atoms with Gasteiger partial charge < -0.3 is 19.2 Å². The third kappa shape index (κ3) is 5.22. The number of aliphatic hydroxyl groups excluding tert-OH is 1. The molecule has 1 heterocycles. The molecule has 0 amide bonds. The number of aliphatic hydroxyl groups is 1. The topological polar surface area (TPSA) is 68.5 Å². The zero-order valence-corrected chi connectivity index (χ0v) is 20.3. The van der Waals surface area contributed by atoms with Gasteiger partial charge in [0.2, 0.25) is 0 Å². The number of halogens is 1. The lowest BCUT2D eigenvalue weighted by atomic mass is 9.91. The van der Waals surface area contributed by atoms with E-state index in [0.29, 0.717) is 21.9 Å². The number of aryl methyl sites for hydroxylation is 1. The Kier molecular flexibility index (Phi) is 8.63. The van der Waals surface area contributed by atoms with Crippen LogP contribution in [-0.4, -0.2) is 29.7 Å². The van der Waals surface area contributed by atoms with Gasteiger partial charge in [-0.3, -0.25) is 4.79 Å². The second-order valence-electron chi connectivity index (χ2n) is 7.73. The molecule has 0 saturated heterocycles. The molecule has 0 aliphatic rings. The van der Waals surface area contributed by atoms with E-state index in [1.165, 1.54) is 5.56 Å². The molecular weight excluding hydrogens is 450 g/mol. The van der Waals surface area contributed by atoms with Crippen molar-refractivity contribution in [1.29, 1.82) is 0 Å². The Balaban J connectivity index is 0.00000158. The third-order valence-corrected chi connectivity index (χ3v) is 5.98. The molecule has 0 saturated carbocycles. The van der Waals surface area contributed by atoms with Crippen LogP contribution in [0.2, 0.25) is 5.02 Å². The van der Waals surface area contributed by atoms with E-state index in [9.17, 15) is 9.59 Å². The number of aromatic nitrogens is 1. The van der Waals surface area contributed by atoms with Crippen LogP contribution in [0.3, 0.4) is 0 Å². The number of ether oxygens (including phenoxy) is 1. The second-order valence-corrected chi connectivity index (χ2v) is 8.17. The lowest BCUT2D eigenvalue weighted by molar-refractivity contribution is -0.109. The van der Waals surface area contributed by atoms with E-state index in [-0.39, 0.29) is 12.2 Å². The van der Waals surface area contributed by atoms with Crippen molar-refractivity contribution in [1.82, 2.24) is 4.57 Å². The van der Waals surface area contributed by atoms with Gasteiger partial charge in [-0.1, -0.05) is 61.0 Å². The lowest BCUT2D eigenvalue weighted by Gasteiger charge is -2.22. The van der Waals surface area contributed by atoms with Crippen LogP contribution in [0.25, 0.3) is 21.9 Å². The highest BCUT2D eigenvalue weighted by molar-refractivity contribution is 6.31. The van der Waals surface area contributed by atoms with Crippen LogP contribution >= 0.6 is 11.6 Å². The minimum atomic E-state index is -0.642. The predicted molar refractivity (Wildman–Crippen MR) is 138 cm³/mol. The Morgan fingerprint density at radius 3 is 2.29 bits per heavy atom. The summed E-state index contributed by atoms with van der Waals surface area (Å²) in [7, 11) is 2.70. The summed E-state index contributed by atoms with van der Waals surface area (Å²) in [5.74, 6) is 0.0270. The standard InChI is InChI=1S/C27H24ClNO3.CH4O/c1-3-18-9-11-19(12-10-18)25-24-15-21(28)13-14-23(24)27(31)29(2)26(25)20(16-30)17-32-22-7-5-4-6-8-22;1-2/h4-16,20H,3,17H2,1-2H3;2H,1H3. The van der Waals surface area contributed by atoms with Gasteiger partial charge in [0.05, 0.1) is 5.92 Å². The third-order valence-electron chi connectivity index (χ3n) is 5.74. The quantitative estimate of drug-likeness (QED) is 0.362. The largest absolute Gasteiger partial charge is 0.492 e. The van der Waals surface area contributed by atoms with Gasteiger partial charge in [-0.15, -0.1) is 0 Å². The number of carbonyl (C=O) groups excluding carboxylic acids is 1. The van der Waals surface area contributed by atoms with E-state index in [4.69, 9.17) is 21.4 Å². The molecule has 4 aromatic rings. The predicted octanol–water partition coefficient (Wildman–Crippen LogP) is 5.39. The van der Waals surface area contributed by atoms with Crippen molar-refractivity contribution in [3.63, 3.8) is 0 Å². The van der Waals surface area contributed by atoms with Gasteiger partial charge in [0.25, 0.3) is 5.56 Å². The number of rotatable bonds is 7. The van der Waals surface area contributed by atoms with E-state index in [0.717, 1.165) is 36.3 Å². The summed E-state index contributed by atoms with van der Waals surface area (Å²) in [5, 5.41) is 8.82. The fourth-order valence-electron chi connectivity index (χ4n) is 4.04. The van der Waals surface area contributed by atoms with Crippen LogP contribution in [0.4, 0.5) is 0 Å². The number of pyridine rings is 1. The van der Waals surface area contributed by atoms with Crippen LogP contribution < -0.4 is 10.3 Å². The number of nitrogens with zero attached hydrogens (tertiary/aromatic N) is 1. The van der Waals surface area contributed by atoms with Gasteiger partial charge in [0.1, 0.15) is 18.6 Å². The molecule has 1 N–H and O–H groups in total. The van der Waals surface area contributed by atoms with E-state index < -0.39 is 5.92 Å². The first-order chi connectivity index (χ1) is 16.5. The molecule has 1 aromatic heterocycles. The molecule has 0 aliphatic carbocycles. The molecule has 0 bridgehead atoms. The Morgan fingerprint density at radius 1 is 1.00 bits per heavy atom. The molecule has 5 nitrogen and oxygen atoms in total. The fourth-order valence-corrected chi connectivity index (χ4v) is 4.21. The zero-order valence-electron chi connectivity index (χ0n) is 19.5. The van der Waals surface area contributed by atoms with Crippen LogP contribution in [0.5, 0.6) is 5.75 Å². The first-order valence-corrected chi connectivity index (χ1v) is 11.4. The molecule has 6 heteroatoms. The molecule has 3 aromatic carbocycles. The van der Waals surface area contributed by atoms with Gasteiger partial charge >= 0.3 is 0 Å². The summed E-state index contributed by atoms with van der Waals surface area (Å²) >= 11 is 6.32. The van der Waals surface area contributed by atoms with Crippen molar-refractivity contribution < 1.29 is 14.6 Å². The normalized spacial score (nSPS) is 11.4. The molecule has 0 spiro atoms. The Bertz CT molecular complexity index is 1310. The first kappa shape index (κ1) is 25.2.